The van der Waals surface area contributed by atoms with Gasteiger partial charge in [0, 0.05) is 22.1 Å². The summed E-state index contributed by atoms with van der Waals surface area (Å²) >= 11 is 0. The maximum Gasteiger partial charge on any atom is 0.337 e. The zero-order valence-electron chi connectivity index (χ0n) is 20.9. The van der Waals surface area contributed by atoms with Crippen molar-refractivity contribution in [2.75, 3.05) is 13.2 Å². The molecule has 0 saturated carbocycles. The molecule has 38 heavy (non-hydrogen) atoms. The van der Waals surface area contributed by atoms with E-state index < -0.39 is 18.0 Å². The molecule has 0 aromatic heterocycles. The Balaban J connectivity index is 1.83. The Hall–Kier alpha value is -4.78. The molecule has 1 aliphatic carbocycles. The number of Topliss-reactive ketones (excluding diaryl/α,β-unsaturated/α-hetero) is 1. The lowest BCUT2D eigenvalue weighted by Gasteiger charge is -2.32. The van der Waals surface area contributed by atoms with Crippen LogP contribution < -0.4 is 0 Å². The number of carbonyl (C=O) groups excluding carboxylic acids is 3. The number of aromatic nitrogens is 2. The number of para-hydroxylation sites is 2. The third kappa shape index (κ3) is 3.43. The summed E-state index contributed by atoms with van der Waals surface area (Å²) in [6.45, 7) is 3.58. The van der Waals surface area contributed by atoms with Crippen molar-refractivity contribution in [2.45, 2.75) is 19.9 Å². The van der Waals surface area contributed by atoms with Crippen LogP contribution in [0.25, 0.3) is 38.8 Å². The van der Waals surface area contributed by atoms with Gasteiger partial charge in [-0.1, -0.05) is 66.7 Å². The van der Waals surface area contributed by atoms with Crippen LogP contribution in [-0.4, -0.2) is 40.5 Å². The van der Waals surface area contributed by atoms with Crippen LogP contribution in [0.15, 0.2) is 84.4 Å². The first-order valence-electron chi connectivity index (χ1n) is 12.6. The number of hydrogen-bond acceptors (Lipinski definition) is 6. The van der Waals surface area contributed by atoms with Gasteiger partial charge >= 0.3 is 11.9 Å². The minimum absolute atomic E-state index is 0.0364. The van der Waals surface area contributed by atoms with Crippen LogP contribution in [0.1, 0.15) is 35.8 Å². The molecule has 0 amide bonds. The second-order valence-electron chi connectivity index (χ2n) is 8.95. The molecule has 3 aliphatic rings. The monoisotopic (exact) mass is 504 g/mol. The van der Waals surface area contributed by atoms with Crippen molar-refractivity contribution >= 4 is 45.1 Å². The molecule has 0 saturated heterocycles. The smallest absolute Gasteiger partial charge is 0.337 e. The van der Waals surface area contributed by atoms with Crippen LogP contribution >= 0.6 is 0 Å². The van der Waals surface area contributed by atoms with Gasteiger partial charge in [0.25, 0.3) is 0 Å². The van der Waals surface area contributed by atoms with Crippen LogP contribution in [0, 0.1) is 0 Å². The molecule has 0 bridgehead atoms. The summed E-state index contributed by atoms with van der Waals surface area (Å²) in [4.78, 5) is 46.6. The molecular formula is C31H24N2O5. The first-order chi connectivity index (χ1) is 18.6. The van der Waals surface area contributed by atoms with Crippen molar-refractivity contribution in [3.05, 3.63) is 95.6 Å². The van der Waals surface area contributed by atoms with Crippen LogP contribution in [0.3, 0.4) is 0 Å². The van der Waals surface area contributed by atoms with Gasteiger partial charge in [0.2, 0.25) is 0 Å². The predicted molar refractivity (Wildman–Crippen MR) is 144 cm³/mol. The average molecular weight is 505 g/mol. The standard InChI is InChI=1S/C31H24N2O5/c1-3-37-30(35)25-24(29(34)18-12-6-5-7-13-18)23-19-14-8-9-15-20(19)26-27(23)33(28(25)31(36)38-4-2)22-17-11-10-16-21(22)32-26/h5-17,28H,3-4H2,1-2H3. The molecule has 2 heterocycles. The molecular weight excluding hydrogens is 480 g/mol. The second kappa shape index (κ2) is 9.27. The van der Waals surface area contributed by atoms with Gasteiger partial charge < -0.3 is 14.0 Å². The lowest BCUT2D eigenvalue weighted by molar-refractivity contribution is -0.149. The molecule has 7 nitrogen and oxygen atoms in total. The summed E-state index contributed by atoms with van der Waals surface area (Å²) in [5.74, 6) is -1.75. The molecule has 1 atom stereocenters. The van der Waals surface area contributed by atoms with E-state index in [2.05, 4.69) is 0 Å². The van der Waals surface area contributed by atoms with E-state index in [1.54, 1.807) is 42.7 Å². The Morgan fingerprint density at radius 2 is 1.47 bits per heavy atom. The number of ether oxygens (including phenoxy) is 2. The fourth-order valence-corrected chi connectivity index (χ4v) is 5.39. The SMILES string of the molecule is CCOC(=O)C1=C(C(=O)c2ccccc2)c2c3n(c4ccccc4nc-3c3ccccc23)C1C(=O)OCC. The number of carbonyl (C=O) groups is 3. The number of hydrogen-bond donors (Lipinski definition) is 0. The van der Waals surface area contributed by atoms with Crippen molar-refractivity contribution in [1.82, 2.24) is 9.55 Å². The van der Waals surface area contributed by atoms with Gasteiger partial charge in [0.15, 0.2) is 11.8 Å². The summed E-state index contributed by atoms with van der Waals surface area (Å²) in [7, 11) is 0. The average Bonchev–Trinajstić information content (AvgIpc) is 3.27. The Bertz CT molecular complexity index is 1750. The fraction of sp³-hybridized carbons (Fsp3) is 0.161. The summed E-state index contributed by atoms with van der Waals surface area (Å²) in [5, 5.41) is 1.59. The lowest BCUT2D eigenvalue weighted by Crippen LogP contribution is -2.34. The maximum atomic E-state index is 14.3. The highest BCUT2D eigenvalue weighted by molar-refractivity contribution is 6.38. The van der Waals surface area contributed by atoms with Gasteiger partial charge in [-0.3, -0.25) is 4.79 Å². The molecule has 7 heteroatoms. The maximum absolute atomic E-state index is 14.3. The van der Waals surface area contributed by atoms with Gasteiger partial charge in [-0.15, -0.1) is 0 Å². The van der Waals surface area contributed by atoms with E-state index in [0.29, 0.717) is 33.5 Å². The predicted octanol–water partition coefficient (Wildman–Crippen LogP) is 5.61. The minimum atomic E-state index is -1.24. The molecule has 0 radical (unpaired) electrons. The summed E-state index contributed by atoms with van der Waals surface area (Å²) in [6.07, 6.45) is 0. The van der Waals surface area contributed by atoms with Crippen LogP contribution in [0.4, 0.5) is 0 Å². The van der Waals surface area contributed by atoms with Gasteiger partial charge in [0.1, 0.15) is 0 Å². The molecule has 188 valence electrons. The van der Waals surface area contributed by atoms with Gasteiger partial charge in [-0.05, 0) is 31.4 Å². The molecule has 3 aromatic rings. The molecule has 0 N–H and O–H groups in total. The largest absolute Gasteiger partial charge is 0.464 e. The summed E-state index contributed by atoms with van der Waals surface area (Å²) in [5.41, 5.74) is 3.60. The Labute approximate surface area is 218 Å². The highest BCUT2D eigenvalue weighted by Crippen LogP contribution is 2.51. The topological polar surface area (TPSA) is 87.5 Å². The first kappa shape index (κ1) is 23.6. The Kier molecular flexibility index (Phi) is 5.76. The number of benzene rings is 3. The number of nitrogens with zero attached hydrogens (tertiary/aromatic N) is 2. The molecule has 1 unspecified atom stereocenters. The van der Waals surface area contributed by atoms with E-state index in [1.165, 1.54) is 0 Å². The van der Waals surface area contributed by atoms with Crippen LogP contribution in [0.5, 0.6) is 0 Å². The van der Waals surface area contributed by atoms with Crippen molar-refractivity contribution in [2.24, 2.45) is 0 Å². The Morgan fingerprint density at radius 3 is 2.21 bits per heavy atom. The highest BCUT2D eigenvalue weighted by Gasteiger charge is 2.45. The van der Waals surface area contributed by atoms with E-state index in [-0.39, 0.29) is 30.1 Å². The quantitative estimate of drug-likeness (QED) is 0.221. The van der Waals surface area contributed by atoms with Gasteiger partial charge in [0.05, 0.1) is 41.2 Å². The summed E-state index contributed by atoms with van der Waals surface area (Å²) < 4.78 is 12.8. The minimum Gasteiger partial charge on any atom is -0.464 e. The normalized spacial score (nSPS) is 14.7. The zero-order valence-corrected chi connectivity index (χ0v) is 20.9. The fourth-order valence-electron chi connectivity index (χ4n) is 5.39. The Morgan fingerprint density at radius 1 is 0.816 bits per heavy atom. The molecule has 0 fully saturated rings. The third-order valence-corrected chi connectivity index (χ3v) is 6.85. The number of fused-ring (bicyclic) bond motifs is 5. The van der Waals surface area contributed by atoms with E-state index in [0.717, 1.165) is 10.8 Å². The molecule has 3 aromatic carbocycles. The van der Waals surface area contributed by atoms with E-state index in [9.17, 15) is 14.4 Å². The second-order valence-corrected chi connectivity index (χ2v) is 8.95. The summed E-state index contributed by atoms with van der Waals surface area (Å²) in [6, 6.07) is 22.6. The van der Waals surface area contributed by atoms with Crippen molar-refractivity contribution in [1.29, 1.82) is 0 Å². The first-order valence-corrected chi connectivity index (χ1v) is 12.6. The lowest BCUT2D eigenvalue weighted by atomic mass is 9.84. The van der Waals surface area contributed by atoms with Crippen LogP contribution in [-0.2, 0) is 19.1 Å². The number of allylic oxidation sites excluding steroid dienone is 1. The van der Waals surface area contributed by atoms with E-state index in [4.69, 9.17) is 14.5 Å². The zero-order chi connectivity index (χ0) is 26.4. The van der Waals surface area contributed by atoms with Gasteiger partial charge in [-0.2, -0.15) is 0 Å². The number of ketones is 1. The van der Waals surface area contributed by atoms with Crippen LogP contribution in [0.2, 0.25) is 0 Å². The molecule has 0 spiro atoms. The van der Waals surface area contributed by atoms with E-state index in [1.807, 2.05) is 54.6 Å². The number of esters is 2. The van der Waals surface area contributed by atoms with Crippen molar-refractivity contribution < 1.29 is 23.9 Å². The van der Waals surface area contributed by atoms with Gasteiger partial charge in [-0.25, -0.2) is 14.6 Å². The van der Waals surface area contributed by atoms with E-state index >= 15 is 0 Å². The van der Waals surface area contributed by atoms with Crippen molar-refractivity contribution in [3.8, 4) is 11.4 Å². The third-order valence-electron chi connectivity index (χ3n) is 6.85. The van der Waals surface area contributed by atoms with Crippen molar-refractivity contribution in [3.63, 3.8) is 0 Å². The molecule has 6 rings (SSSR count). The molecule has 2 aliphatic heterocycles. The highest BCUT2D eigenvalue weighted by atomic mass is 16.5. The number of rotatable bonds is 6.